The molecule has 5 nitrogen and oxygen atoms in total. The van der Waals surface area contributed by atoms with Crippen LogP contribution < -0.4 is 15.2 Å². The average molecular weight is 318 g/mol. The molecule has 1 aliphatic heterocycles. The fourth-order valence-electron chi connectivity index (χ4n) is 2.64. The molecule has 0 aromatic heterocycles. The lowest BCUT2D eigenvalue weighted by molar-refractivity contribution is -0.113. The molecule has 1 saturated carbocycles. The summed E-state index contributed by atoms with van der Waals surface area (Å²) < 4.78 is 11.4. The van der Waals surface area contributed by atoms with Crippen molar-refractivity contribution in [3.05, 3.63) is 28.7 Å². The predicted octanol–water partition coefficient (Wildman–Crippen LogP) is 2.95. The Bertz CT molecular complexity index is 649. The van der Waals surface area contributed by atoms with E-state index >= 15 is 0 Å². The molecule has 0 bridgehead atoms. The summed E-state index contributed by atoms with van der Waals surface area (Å²) in [6.45, 7) is 0. The molecule has 2 aliphatic rings. The zero-order valence-electron chi connectivity index (χ0n) is 12.4. The van der Waals surface area contributed by atoms with Crippen LogP contribution in [0.4, 0.5) is 0 Å². The van der Waals surface area contributed by atoms with Gasteiger partial charge in [-0.1, -0.05) is 6.07 Å². The summed E-state index contributed by atoms with van der Waals surface area (Å²) in [7, 11) is 1.62. The highest BCUT2D eigenvalue weighted by Gasteiger charge is 2.21. The standard InChI is InChI=1S/C16H18N2O3S/c1-20-12-7-6-10(9-14-15(19)18-16(17)22-14)8-13(12)21-11-4-2-3-5-11/h6-9,11H,2-5H2,1H3,(H2,17,18,19)/b14-9+. The van der Waals surface area contributed by atoms with Crippen molar-refractivity contribution in [2.45, 2.75) is 31.8 Å². The molecular formula is C16H18N2O3S. The first kappa shape index (κ1) is 15.0. The van der Waals surface area contributed by atoms with Gasteiger partial charge in [-0.3, -0.25) is 4.79 Å². The van der Waals surface area contributed by atoms with E-state index in [-0.39, 0.29) is 17.2 Å². The van der Waals surface area contributed by atoms with Gasteiger partial charge in [0.1, 0.15) is 0 Å². The molecule has 6 heteroatoms. The maximum atomic E-state index is 11.7. The van der Waals surface area contributed by atoms with Crippen LogP contribution in [-0.2, 0) is 4.79 Å². The van der Waals surface area contributed by atoms with Gasteiger partial charge < -0.3 is 15.2 Å². The number of carbonyl (C=O) groups is 1. The van der Waals surface area contributed by atoms with Crippen LogP contribution in [-0.4, -0.2) is 24.3 Å². The van der Waals surface area contributed by atoms with Crippen molar-refractivity contribution in [3.63, 3.8) is 0 Å². The average Bonchev–Trinajstić information content (AvgIpc) is 3.10. The molecule has 1 aliphatic carbocycles. The van der Waals surface area contributed by atoms with Crippen molar-refractivity contribution in [1.82, 2.24) is 0 Å². The molecule has 0 unspecified atom stereocenters. The normalized spacial score (nSPS) is 20.5. The van der Waals surface area contributed by atoms with Crippen LogP contribution in [0.5, 0.6) is 11.5 Å². The van der Waals surface area contributed by atoms with Crippen molar-refractivity contribution in [2.24, 2.45) is 10.7 Å². The van der Waals surface area contributed by atoms with Crippen LogP contribution >= 0.6 is 11.8 Å². The van der Waals surface area contributed by atoms with Crippen molar-refractivity contribution < 1.29 is 14.3 Å². The lowest BCUT2D eigenvalue weighted by atomic mass is 10.1. The van der Waals surface area contributed by atoms with Crippen molar-refractivity contribution in [3.8, 4) is 11.5 Å². The van der Waals surface area contributed by atoms with Crippen LogP contribution in [0.2, 0.25) is 0 Å². The van der Waals surface area contributed by atoms with Gasteiger partial charge in [0.25, 0.3) is 5.91 Å². The lowest BCUT2D eigenvalue weighted by Gasteiger charge is -2.16. The van der Waals surface area contributed by atoms with Gasteiger partial charge in [-0.25, -0.2) is 0 Å². The Hall–Kier alpha value is -1.95. The summed E-state index contributed by atoms with van der Waals surface area (Å²) >= 11 is 1.18. The Morgan fingerprint density at radius 3 is 2.73 bits per heavy atom. The third-order valence-corrected chi connectivity index (χ3v) is 4.53. The van der Waals surface area contributed by atoms with E-state index in [1.807, 2.05) is 18.2 Å². The highest BCUT2D eigenvalue weighted by molar-refractivity contribution is 8.18. The molecule has 22 heavy (non-hydrogen) atoms. The third kappa shape index (κ3) is 3.27. The number of hydrogen-bond donors (Lipinski definition) is 1. The smallest absolute Gasteiger partial charge is 0.286 e. The van der Waals surface area contributed by atoms with Gasteiger partial charge in [-0.05, 0) is 61.2 Å². The van der Waals surface area contributed by atoms with Gasteiger partial charge in [0.2, 0.25) is 0 Å². The molecule has 1 amide bonds. The highest BCUT2D eigenvalue weighted by Crippen LogP contribution is 2.34. The van der Waals surface area contributed by atoms with E-state index in [1.165, 1.54) is 24.6 Å². The van der Waals surface area contributed by atoms with Crippen LogP contribution in [0.3, 0.4) is 0 Å². The number of rotatable bonds is 4. The lowest BCUT2D eigenvalue weighted by Crippen LogP contribution is -2.11. The number of nitrogens with two attached hydrogens (primary N) is 1. The molecule has 1 fully saturated rings. The second-order valence-electron chi connectivity index (χ2n) is 5.30. The quantitative estimate of drug-likeness (QED) is 0.864. The van der Waals surface area contributed by atoms with E-state index < -0.39 is 0 Å². The number of nitrogens with zero attached hydrogens (tertiary/aromatic N) is 1. The first-order chi connectivity index (χ1) is 10.7. The largest absolute Gasteiger partial charge is 0.493 e. The number of thioether (sulfide) groups is 1. The molecule has 0 atom stereocenters. The highest BCUT2D eigenvalue weighted by atomic mass is 32.2. The fourth-order valence-corrected chi connectivity index (χ4v) is 3.32. The van der Waals surface area contributed by atoms with Gasteiger partial charge in [-0.2, -0.15) is 4.99 Å². The molecule has 2 N–H and O–H groups in total. The molecule has 116 valence electrons. The summed E-state index contributed by atoms with van der Waals surface area (Å²) in [5.41, 5.74) is 6.43. The van der Waals surface area contributed by atoms with E-state index in [1.54, 1.807) is 13.2 Å². The van der Waals surface area contributed by atoms with E-state index in [4.69, 9.17) is 15.2 Å². The Morgan fingerprint density at radius 2 is 2.09 bits per heavy atom. The van der Waals surface area contributed by atoms with Crippen LogP contribution in [0, 0.1) is 0 Å². The summed E-state index contributed by atoms with van der Waals surface area (Å²) in [4.78, 5) is 15.9. The summed E-state index contributed by atoms with van der Waals surface area (Å²) in [6, 6.07) is 5.63. The van der Waals surface area contributed by atoms with Gasteiger partial charge >= 0.3 is 0 Å². The Kier molecular flexibility index (Phi) is 4.38. The number of aliphatic imine (C=N–C) groups is 1. The van der Waals surface area contributed by atoms with E-state index in [0.717, 1.165) is 18.4 Å². The van der Waals surface area contributed by atoms with Crippen LogP contribution in [0.1, 0.15) is 31.2 Å². The molecule has 0 saturated heterocycles. The van der Waals surface area contributed by atoms with Crippen LogP contribution in [0.25, 0.3) is 6.08 Å². The third-order valence-electron chi connectivity index (χ3n) is 3.72. The maximum absolute atomic E-state index is 11.7. The number of hydrogen-bond acceptors (Lipinski definition) is 5. The van der Waals surface area contributed by atoms with Gasteiger partial charge in [0.05, 0.1) is 18.1 Å². The maximum Gasteiger partial charge on any atom is 0.286 e. The van der Waals surface area contributed by atoms with E-state index in [0.29, 0.717) is 16.4 Å². The summed E-state index contributed by atoms with van der Waals surface area (Å²) in [6.07, 6.45) is 6.59. The van der Waals surface area contributed by atoms with E-state index in [2.05, 4.69) is 4.99 Å². The minimum atomic E-state index is -0.295. The molecular weight excluding hydrogens is 300 g/mol. The molecule has 0 radical (unpaired) electrons. The molecule has 1 aromatic carbocycles. The second-order valence-corrected chi connectivity index (χ2v) is 6.36. The van der Waals surface area contributed by atoms with Crippen molar-refractivity contribution in [1.29, 1.82) is 0 Å². The zero-order valence-corrected chi connectivity index (χ0v) is 13.2. The minimum Gasteiger partial charge on any atom is -0.493 e. The Balaban J connectivity index is 1.83. The number of benzene rings is 1. The minimum absolute atomic E-state index is 0.248. The van der Waals surface area contributed by atoms with Gasteiger partial charge in [-0.15, -0.1) is 0 Å². The SMILES string of the molecule is COc1ccc(/C=C2/SC(N)=NC2=O)cc1OC1CCCC1. The monoisotopic (exact) mass is 318 g/mol. The van der Waals surface area contributed by atoms with Crippen molar-refractivity contribution >= 4 is 28.9 Å². The molecule has 0 spiro atoms. The number of methoxy groups -OCH3 is 1. The fraction of sp³-hybridized carbons (Fsp3) is 0.375. The summed E-state index contributed by atoms with van der Waals surface area (Å²) in [5.74, 6) is 1.12. The summed E-state index contributed by atoms with van der Waals surface area (Å²) in [5, 5.41) is 0.284. The van der Waals surface area contributed by atoms with Crippen LogP contribution in [0.15, 0.2) is 28.1 Å². The first-order valence-electron chi connectivity index (χ1n) is 7.28. The molecule has 1 aromatic rings. The Morgan fingerprint density at radius 1 is 1.32 bits per heavy atom. The van der Waals surface area contributed by atoms with Gasteiger partial charge in [0.15, 0.2) is 16.7 Å². The molecule has 3 rings (SSSR count). The number of ether oxygens (including phenoxy) is 2. The van der Waals surface area contributed by atoms with Crippen molar-refractivity contribution in [2.75, 3.05) is 7.11 Å². The number of amides is 1. The Labute approximate surface area is 133 Å². The predicted molar refractivity (Wildman–Crippen MR) is 88.1 cm³/mol. The zero-order chi connectivity index (χ0) is 15.5. The first-order valence-corrected chi connectivity index (χ1v) is 8.10. The number of carbonyl (C=O) groups excluding carboxylic acids is 1. The number of amidine groups is 1. The molecule has 1 heterocycles. The topological polar surface area (TPSA) is 73.9 Å². The van der Waals surface area contributed by atoms with Gasteiger partial charge in [0, 0.05) is 0 Å². The van der Waals surface area contributed by atoms with E-state index in [9.17, 15) is 4.79 Å². The second kappa shape index (κ2) is 6.44.